The van der Waals surface area contributed by atoms with Crippen molar-refractivity contribution < 1.29 is 23.8 Å². The average molecular weight is 515 g/mol. The summed E-state index contributed by atoms with van der Waals surface area (Å²) in [6.07, 6.45) is 8.96. The van der Waals surface area contributed by atoms with E-state index in [4.69, 9.17) is 14.2 Å². The second-order valence-electron chi connectivity index (χ2n) is 9.14. The van der Waals surface area contributed by atoms with Gasteiger partial charge in [0.05, 0.1) is 19.2 Å². The highest BCUT2D eigenvalue weighted by atomic mass is 16.5. The average Bonchev–Trinajstić information content (AvgIpc) is 2.95. The summed E-state index contributed by atoms with van der Waals surface area (Å²) in [5, 5.41) is 4.10. The van der Waals surface area contributed by atoms with Crippen molar-refractivity contribution in [2.24, 2.45) is 0 Å². The first-order valence-electron chi connectivity index (χ1n) is 12.7. The fourth-order valence-corrected chi connectivity index (χ4v) is 4.73. The van der Waals surface area contributed by atoms with Crippen LogP contribution in [-0.2, 0) is 14.3 Å². The maximum absolute atomic E-state index is 12.9. The summed E-state index contributed by atoms with van der Waals surface area (Å²) in [5.74, 6) is 1.20. The van der Waals surface area contributed by atoms with Crippen LogP contribution in [0.2, 0.25) is 0 Å². The molecule has 0 spiro atoms. The highest BCUT2D eigenvalue weighted by Crippen LogP contribution is 2.37. The Morgan fingerprint density at radius 2 is 1.79 bits per heavy atom. The van der Waals surface area contributed by atoms with E-state index >= 15 is 0 Å². The van der Waals surface area contributed by atoms with E-state index < -0.39 is 0 Å². The smallest absolute Gasteiger partial charge is 0.186 e. The molecule has 1 aliphatic heterocycles. The molecular formula is C29H30N4O5. The summed E-state index contributed by atoms with van der Waals surface area (Å²) >= 11 is 0. The third kappa shape index (κ3) is 5.38. The Hall–Kier alpha value is -4.24. The number of carbonyl (C=O) groups is 2. The van der Waals surface area contributed by atoms with Crippen LogP contribution in [0.25, 0.3) is 16.5 Å². The van der Waals surface area contributed by atoms with E-state index in [1.54, 1.807) is 20.3 Å². The Morgan fingerprint density at radius 3 is 2.58 bits per heavy atom. The molecule has 1 aliphatic carbocycles. The number of nitrogens with zero attached hydrogens (tertiary/aromatic N) is 3. The van der Waals surface area contributed by atoms with Crippen molar-refractivity contribution in [3.05, 3.63) is 60.5 Å². The Labute approximate surface area is 221 Å². The number of benzene rings is 2. The molecule has 0 saturated carbocycles. The van der Waals surface area contributed by atoms with Crippen LogP contribution in [0.5, 0.6) is 11.5 Å². The molecule has 2 heterocycles. The third-order valence-electron chi connectivity index (χ3n) is 6.68. The zero-order chi connectivity index (χ0) is 26.5. The van der Waals surface area contributed by atoms with Gasteiger partial charge in [-0.05, 0) is 61.8 Å². The van der Waals surface area contributed by atoms with Crippen LogP contribution in [-0.4, -0.2) is 62.1 Å². The maximum Gasteiger partial charge on any atom is 0.186 e. The third-order valence-corrected chi connectivity index (χ3v) is 6.68. The number of carbonyl (C=O) groups excluding carboxylic acids is 2. The molecule has 9 heteroatoms. The molecule has 0 unspecified atom stereocenters. The van der Waals surface area contributed by atoms with Crippen molar-refractivity contribution in [1.29, 1.82) is 0 Å². The van der Waals surface area contributed by atoms with Gasteiger partial charge in [-0.2, -0.15) is 0 Å². The van der Waals surface area contributed by atoms with E-state index in [0.717, 1.165) is 37.0 Å². The van der Waals surface area contributed by atoms with Crippen LogP contribution in [0, 0.1) is 0 Å². The summed E-state index contributed by atoms with van der Waals surface area (Å²) in [6.45, 7) is 2.74. The minimum absolute atomic E-state index is 0.212. The molecule has 0 bridgehead atoms. The number of allylic oxidation sites excluding steroid dienone is 4. The number of hydrogen-bond acceptors (Lipinski definition) is 9. The Balaban J connectivity index is 1.55. The van der Waals surface area contributed by atoms with E-state index in [1.807, 2.05) is 24.3 Å². The molecular weight excluding hydrogens is 484 g/mol. The lowest BCUT2D eigenvalue weighted by Gasteiger charge is -2.30. The van der Waals surface area contributed by atoms with Gasteiger partial charge in [0, 0.05) is 54.2 Å². The summed E-state index contributed by atoms with van der Waals surface area (Å²) in [5.41, 5.74) is 3.34. The van der Waals surface area contributed by atoms with Gasteiger partial charge in [0.15, 0.2) is 23.1 Å². The van der Waals surface area contributed by atoms with E-state index in [0.29, 0.717) is 52.9 Å². The van der Waals surface area contributed by atoms with E-state index in [-0.39, 0.29) is 11.6 Å². The first-order chi connectivity index (χ1) is 18.6. The molecule has 0 radical (unpaired) electrons. The first kappa shape index (κ1) is 25.4. The SMILES string of the molecule is COCCOc1cc2ncnc(Nc3ccc(N4CCCCC4)cc3C3=CC(=O)C=CC3=O)c2cc1OC. The first-order valence-corrected chi connectivity index (χ1v) is 12.7. The van der Waals surface area contributed by atoms with E-state index in [9.17, 15) is 9.59 Å². The van der Waals surface area contributed by atoms with Crippen LogP contribution >= 0.6 is 0 Å². The predicted octanol–water partition coefficient (Wildman–Crippen LogP) is 4.49. The quantitative estimate of drug-likeness (QED) is 0.327. The van der Waals surface area contributed by atoms with Crippen molar-refractivity contribution >= 4 is 45.2 Å². The second-order valence-corrected chi connectivity index (χ2v) is 9.14. The van der Waals surface area contributed by atoms with Crippen LogP contribution in [0.4, 0.5) is 17.2 Å². The number of hydrogen-bond donors (Lipinski definition) is 1. The van der Waals surface area contributed by atoms with Crippen molar-refractivity contribution in [2.45, 2.75) is 19.3 Å². The maximum atomic E-state index is 12.9. The van der Waals surface area contributed by atoms with Gasteiger partial charge in [0.25, 0.3) is 0 Å². The number of piperidine rings is 1. The zero-order valence-corrected chi connectivity index (χ0v) is 21.5. The summed E-state index contributed by atoms with van der Waals surface area (Å²) < 4.78 is 16.4. The van der Waals surface area contributed by atoms with Gasteiger partial charge in [-0.3, -0.25) is 9.59 Å². The number of fused-ring (bicyclic) bond motifs is 1. The molecule has 9 nitrogen and oxygen atoms in total. The topological polar surface area (TPSA) is 103 Å². The molecule has 0 amide bonds. The van der Waals surface area contributed by atoms with Crippen molar-refractivity contribution in [3.63, 3.8) is 0 Å². The number of rotatable bonds is 9. The van der Waals surface area contributed by atoms with Crippen molar-refractivity contribution in [3.8, 4) is 11.5 Å². The van der Waals surface area contributed by atoms with Gasteiger partial charge in [-0.15, -0.1) is 0 Å². The lowest BCUT2D eigenvalue weighted by molar-refractivity contribution is -0.113. The molecule has 1 aromatic heterocycles. The standard InChI is InChI=1S/C29H30N4O5/c1-36-12-13-38-28-17-25-23(16-27(28)37-2)29(31-18-30-25)32-24-8-6-19(33-10-4-3-5-11-33)14-21(24)22-15-20(34)7-9-26(22)35/h6-9,14-18H,3-5,10-13H2,1-2H3,(H,30,31,32). The number of ketones is 2. The molecule has 5 rings (SSSR count). The molecule has 1 fully saturated rings. The van der Waals surface area contributed by atoms with Crippen LogP contribution in [0.3, 0.4) is 0 Å². The van der Waals surface area contributed by atoms with Crippen molar-refractivity contribution in [2.75, 3.05) is 50.7 Å². The molecule has 1 N–H and O–H groups in total. The van der Waals surface area contributed by atoms with Crippen molar-refractivity contribution in [1.82, 2.24) is 9.97 Å². The molecule has 196 valence electrons. The lowest BCUT2D eigenvalue weighted by atomic mass is 9.94. The fourth-order valence-electron chi connectivity index (χ4n) is 4.73. The van der Waals surface area contributed by atoms with E-state index in [1.165, 1.54) is 31.0 Å². The Morgan fingerprint density at radius 1 is 0.947 bits per heavy atom. The van der Waals surface area contributed by atoms with Crippen LogP contribution < -0.4 is 19.7 Å². The van der Waals surface area contributed by atoms with Crippen LogP contribution in [0.1, 0.15) is 24.8 Å². The lowest BCUT2D eigenvalue weighted by Crippen LogP contribution is -2.29. The second kappa shape index (κ2) is 11.4. The minimum atomic E-state index is -0.216. The van der Waals surface area contributed by atoms with Gasteiger partial charge >= 0.3 is 0 Å². The summed E-state index contributed by atoms with van der Waals surface area (Å²) in [7, 11) is 3.19. The normalized spacial score (nSPS) is 15.5. The van der Waals surface area contributed by atoms with Gasteiger partial charge < -0.3 is 24.4 Å². The number of nitrogens with one attached hydrogen (secondary N) is 1. The zero-order valence-electron chi connectivity index (χ0n) is 21.5. The molecule has 38 heavy (non-hydrogen) atoms. The molecule has 2 aromatic carbocycles. The molecule has 2 aliphatic rings. The number of ether oxygens (including phenoxy) is 3. The van der Waals surface area contributed by atoms with Gasteiger partial charge in [0.2, 0.25) is 0 Å². The molecule has 3 aromatic rings. The fraction of sp³-hybridized carbons (Fsp3) is 0.310. The van der Waals surface area contributed by atoms with Gasteiger partial charge in [0.1, 0.15) is 18.8 Å². The summed E-state index contributed by atoms with van der Waals surface area (Å²) in [4.78, 5) is 36.3. The van der Waals surface area contributed by atoms with E-state index in [2.05, 4.69) is 20.2 Å². The number of methoxy groups -OCH3 is 2. The number of anilines is 3. The molecule has 1 saturated heterocycles. The largest absolute Gasteiger partial charge is 0.493 e. The molecule has 0 atom stereocenters. The monoisotopic (exact) mass is 514 g/mol. The Bertz CT molecular complexity index is 1430. The highest BCUT2D eigenvalue weighted by molar-refractivity contribution is 6.34. The highest BCUT2D eigenvalue weighted by Gasteiger charge is 2.22. The summed E-state index contributed by atoms with van der Waals surface area (Å²) in [6, 6.07) is 9.57. The minimum Gasteiger partial charge on any atom is -0.493 e. The number of aromatic nitrogens is 2. The Kier molecular flexibility index (Phi) is 7.65. The predicted molar refractivity (Wildman–Crippen MR) is 146 cm³/mol. The van der Waals surface area contributed by atoms with Crippen LogP contribution in [0.15, 0.2) is 54.9 Å². The van der Waals surface area contributed by atoms with Gasteiger partial charge in [-0.25, -0.2) is 9.97 Å². The van der Waals surface area contributed by atoms with Gasteiger partial charge in [-0.1, -0.05) is 0 Å².